The van der Waals surface area contributed by atoms with E-state index in [1.165, 1.54) is 53.4 Å². The van der Waals surface area contributed by atoms with E-state index in [2.05, 4.69) is 48.9 Å². The Labute approximate surface area is 480 Å². The summed E-state index contributed by atoms with van der Waals surface area (Å²) >= 11 is 7.80. The van der Waals surface area contributed by atoms with Crippen LogP contribution in [0.2, 0.25) is 5.02 Å². The molecule has 0 saturated carbocycles. The number of rotatable bonds is 19. The summed E-state index contributed by atoms with van der Waals surface area (Å²) < 4.78 is 110. The fourth-order valence-corrected chi connectivity index (χ4v) is 14.8. The topological polar surface area (TPSA) is 144 Å². The first-order chi connectivity index (χ1) is 37.4. The van der Waals surface area contributed by atoms with Crippen LogP contribution in [-0.2, 0) is 29.3 Å². The number of ether oxygens (including phenoxy) is 2. The van der Waals surface area contributed by atoms with E-state index in [9.17, 15) is 34.8 Å². The smallest absolute Gasteiger partial charge is 0.380 e. The van der Waals surface area contributed by atoms with Crippen molar-refractivity contribution in [3.05, 3.63) is 119 Å². The van der Waals surface area contributed by atoms with Gasteiger partial charge in [0.15, 0.2) is 0 Å². The van der Waals surface area contributed by atoms with Crippen molar-refractivity contribution in [1.82, 2.24) is 24.3 Å². The first kappa shape index (κ1) is 61.1. The summed E-state index contributed by atoms with van der Waals surface area (Å²) in [7, 11) is -10.9. The number of carbonyl (C=O) groups excluding carboxylic acids is 1. The van der Waals surface area contributed by atoms with Crippen molar-refractivity contribution < 1.29 is 44.3 Å². The number of sulfonamides is 1. The van der Waals surface area contributed by atoms with E-state index in [0.29, 0.717) is 50.6 Å². The zero-order valence-electron chi connectivity index (χ0n) is 44.8. The third-order valence-corrected chi connectivity index (χ3v) is 20.3. The zero-order chi connectivity index (χ0) is 54.9. The lowest BCUT2D eigenvalue weighted by Crippen LogP contribution is -2.51. The van der Waals surface area contributed by atoms with Crippen molar-refractivity contribution in [2.24, 2.45) is 5.41 Å². The highest BCUT2D eigenvalue weighted by atomic mass is 35.5. The maximum atomic E-state index is 14.3. The second-order valence-corrected chi connectivity index (χ2v) is 26.8. The minimum Gasteiger partial charge on any atom is -0.380 e. The maximum Gasteiger partial charge on any atom is 0.501 e. The molecule has 22 heteroatoms. The Morgan fingerprint density at radius 1 is 0.797 bits per heavy atom. The number of morpholine rings is 1. The Balaban J connectivity index is 0.00000822. The number of piperidine rings is 1. The fourth-order valence-electron chi connectivity index (χ4n) is 11.6. The molecule has 5 aliphatic rings. The number of hydrogen-bond donors (Lipinski definition) is 2. The average Bonchev–Trinajstić information content (AvgIpc) is 3.85. The molecular formula is C57H74Cl2F3N7O7S3. The van der Waals surface area contributed by atoms with E-state index in [0.717, 1.165) is 139 Å². The Hall–Kier alpha value is -3.93. The van der Waals surface area contributed by atoms with Crippen LogP contribution in [0.3, 0.4) is 0 Å². The molecule has 0 aromatic heterocycles. The van der Waals surface area contributed by atoms with Crippen LogP contribution in [0.1, 0.15) is 67.8 Å². The minimum atomic E-state index is -6.07. The number of nitrogens with zero attached hydrogens (tertiary/aromatic N) is 5. The molecule has 4 aromatic rings. The van der Waals surface area contributed by atoms with Gasteiger partial charge in [0.1, 0.15) is 4.90 Å². The van der Waals surface area contributed by atoms with Gasteiger partial charge in [-0.25, -0.2) is 21.6 Å². The van der Waals surface area contributed by atoms with Gasteiger partial charge in [0.2, 0.25) is 0 Å². The molecule has 2 atom stereocenters. The van der Waals surface area contributed by atoms with Crippen molar-refractivity contribution in [1.29, 1.82) is 0 Å². The van der Waals surface area contributed by atoms with Gasteiger partial charge in [-0.1, -0.05) is 54.4 Å². The van der Waals surface area contributed by atoms with Gasteiger partial charge in [0.25, 0.3) is 25.8 Å². The highest BCUT2D eigenvalue weighted by Gasteiger charge is 2.49. The molecule has 1 amide bonds. The van der Waals surface area contributed by atoms with Crippen LogP contribution < -0.4 is 14.9 Å². The van der Waals surface area contributed by atoms with Crippen LogP contribution in [0, 0.1) is 5.41 Å². The standard InChI is InChI=1S/C57H73ClF3N7O7S3.ClH/c1-56(42-66-25-20-49(21-26-66)68-32-36-75-37-33-68)22-18-52(43-8-12-46(58)13-9-43)45(39-56)40-65-27-29-67(30-28-65)48-14-10-44(11-15-48)55(69)63-78(72,73)51-16-17-53(54(38-51)77(70,71)57(59,60)61)62-47(41-76-50-6-3-2-4-7-50)19-24-64-23-5-34-74-35-31-64;/h2-4,6-17,38,47,49,62H,5,18-37,39-42H2,1H3,(H,63,69);1H/t47-,56-;/m1./s1. The van der Waals surface area contributed by atoms with Gasteiger partial charge in [-0.3, -0.25) is 14.6 Å². The molecule has 9 rings (SSSR count). The summed E-state index contributed by atoms with van der Waals surface area (Å²) in [4.78, 5) is 24.6. The van der Waals surface area contributed by atoms with Crippen LogP contribution >= 0.6 is 35.8 Å². The number of alkyl halides is 3. The Morgan fingerprint density at radius 2 is 1.48 bits per heavy atom. The number of nitrogens with one attached hydrogen (secondary N) is 2. The Morgan fingerprint density at radius 3 is 2.18 bits per heavy atom. The number of amides is 1. The summed E-state index contributed by atoms with van der Waals surface area (Å²) in [6.07, 6.45) is 6.82. The first-order valence-electron chi connectivity index (χ1n) is 27.3. The molecule has 79 heavy (non-hydrogen) atoms. The molecule has 1 aliphatic carbocycles. The molecule has 4 heterocycles. The van der Waals surface area contributed by atoms with E-state index < -0.39 is 52.8 Å². The van der Waals surface area contributed by atoms with Crippen LogP contribution in [-0.4, -0.2) is 177 Å². The van der Waals surface area contributed by atoms with Crippen molar-refractivity contribution in [3.8, 4) is 0 Å². The molecule has 0 bridgehead atoms. The second kappa shape index (κ2) is 27.4. The number of thioether (sulfide) groups is 1. The molecule has 0 unspecified atom stereocenters. The Bertz CT molecular complexity index is 2900. The molecule has 4 saturated heterocycles. The number of likely N-dealkylation sites (tertiary alicyclic amines) is 1. The van der Waals surface area contributed by atoms with E-state index >= 15 is 0 Å². The fraction of sp³-hybridized carbons (Fsp3) is 0.526. The number of sulfone groups is 1. The lowest BCUT2D eigenvalue weighted by atomic mass is 9.71. The largest absolute Gasteiger partial charge is 0.501 e. The normalized spacial score (nSPS) is 21.5. The van der Waals surface area contributed by atoms with Crippen LogP contribution in [0.5, 0.6) is 0 Å². The molecule has 0 radical (unpaired) electrons. The number of piperazine rings is 1. The molecular weight excluding hydrogens is 1120 g/mol. The second-order valence-electron chi connectivity index (χ2n) is 21.6. The predicted octanol–water partition coefficient (Wildman–Crippen LogP) is 9.42. The summed E-state index contributed by atoms with van der Waals surface area (Å²) in [6.45, 7) is 16.7. The van der Waals surface area contributed by atoms with E-state index in [1.807, 2.05) is 47.2 Å². The maximum absolute atomic E-state index is 14.3. The monoisotopic (exact) mass is 1190 g/mol. The molecule has 4 fully saturated rings. The molecule has 0 spiro atoms. The zero-order valence-corrected chi connectivity index (χ0v) is 48.8. The lowest BCUT2D eigenvalue weighted by Gasteiger charge is -2.45. The van der Waals surface area contributed by atoms with Crippen LogP contribution in [0.25, 0.3) is 5.57 Å². The number of carbonyl (C=O) groups is 1. The van der Waals surface area contributed by atoms with E-state index in [1.54, 1.807) is 12.1 Å². The van der Waals surface area contributed by atoms with Gasteiger partial charge in [0.05, 0.1) is 30.4 Å². The lowest BCUT2D eigenvalue weighted by molar-refractivity contribution is -0.0436. The predicted molar refractivity (Wildman–Crippen MR) is 310 cm³/mol. The number of allylic oxidation sites excluding steroid dienone is 1. The van der Waals surface area contributed by atoms with E-state index in [4.69, 9.17) is 21.1 Å². The number of benzene rings is 4. The molecule has 2 N–H and O–H groups in total. The van der Waals surface area contributed by atoms with Gasteiger partial charge in [-0.05, 0) is 141 Å². The SMILES string of the molecule is C[C@@]1(CN2CCC(N3CCOCC3)CC2)CCC(c2ccc(Cl)cc2)=C(CN2CCN(c3ccc(C(=O)NS(=O)(=O)c4ccc(N[C@H](CCN5CCCOCC5)CSc5ccccc5)c(S(=O)(=O)C(F)(F)F)c4)cc3)CC2)C1.Cl. The van der Waals surface area contributed by atoms with Gasteiger partial charge in [0, 0.05) is 118 Å². The highest BCUT2D eigenvalue weighted by molar-refractivity contribution is 7.99. The third kappa shape index (κ3) is 16.2. The first-order valence-corrected chi connectivity index (χ1v) is 31.6. The summed E-state index contributed by atoms with van der Waals surface area (Å²) in [5.74, 6) is -0.654. The third-order valence-electron chi connectivity index (χ3n) is 16.0. The van der Waals surface area contributed by atoms with Gasteiger partial charge >= 0.3 is 5.51 Å². The van der Waals surface area contributed by atoms with Gasteiger partial charge < -0.3 is 29.5 Å². The van der Waals surface area contributed by atoms with E-state index in [-0.39, 0.29) is 23.4 Å². The van der Waals surface area contributed by atoms with Crippen molar-refractivity contribution in [3.63, 3.8) is 0 Å². The number of anilines is 2. The number of halogens is 5. The summed E-state index contributed by atoms with van der Waals surface area (Å²) in [6, 6.07) is 26.7. The quantitative estimate of drug-likeness (QED) is 0.0861. The van der Waals surface area contributed by atoms with Gasteiger partial charge in [-0.15, -0.1) is 24.2 Å². The highest BCUT2D eigenvalue weighted by Crippen LogP contribution is 2.44. The molecule has 4 aliphatic heterocycles. The molecule has 4 aromatic carbocycles. The summed E-state index contributed by atoms with van der Waals surface area (Å²) in [5, 5.41) is 3.74. The Kier molecular flexibility index (Phi) is 21.2. The number of hydrogen-bond acceptors (Lipinski definition) is 14. The van der Waals surface area contributed by atoms with Crippen LogP contribution in [0.4, 0.5) is 24.5 Å². The van der Waals surface area contributed by atoms with Crippen LogP contribution in [0.15, 0.2) is 117 Å². The van der Waals surface area contributed by atoms with Gasteiger partial charge in [-0.2, -0.15) is 13.2 Å². The molecule has 14 nitrogen and oxygen atoms in total. The average molecular weight is 1190 g/mol. The van der Waals surface area contributed by atoms with Crippen molar-refractivity contribution >= 4 is 78.5 Å². The van der Waals surface area contributed by atoms with Crippen molar-refractivity contribution in [2.45, 2.75) is 84.1 Å². The minimum absolute atomic E-state index is 0. The van der Waals surface area contributed by atoms with Crippen molar-refractivity contribution in [2.75, 3.05) is 127 Å². The summed E-state index contributed by atoms with van der Waals surface area (Å²) in [5.41, 5.74) is -1.02. The molecule has 432 valence electrons.